The Bertz CT molecular complexity index is 570. The minimum atomic E-state index is -0.149. The van der Waals surface area contributed by atoms with E-state index in [1.54, 1.807) is 0 Å². The smallest absolute Gasteiger partial charge is 0.308 e. The van der Waals surface area contributed by atoms with Crippen LogP contribution in [0.4, 0.5) is 0 Å². The number of ether oxygens (including phenoxy) is 1. The number of carbonyl (C=O) groups is 3. The second-order valence-electron chi connectivity index (χ2n) is 9.27. The summed E-state index contributed by atoms with van der Waals surface area (Å²) < 4.78 is 6.17. The van der Waals surface area contributed by atoms with Crippen LogP contribution in [-0.4, -0.2) is 28.6 Å². The number of Topliss-reactive ketones (excluding diaryl/α,β-unsaturated/α-hetero) is 2. The zero-order valence-electron chi connectivity index (χ0n) is 19.9. The van der Waals surface area contributed by atoms with Crippen LogP contribution in [0.2, 0.25) is 0 Å². The van der Waals surface area contributed by atoms with Gasteiger partial charge in [-0.25, -0.2) is 0 Å². The van der Waals surface area contributed by atoms with E-state index in [2.05, 4.69) is 41.7 Å². The first-order valence-corrected chi connectivity index (χ1v) is 13.8. The van der Waals surface area contributed by atoms with E-state index in [4.69, 9.17) is 4.74 Å². The standard InChI is InChI=1S/C26H43IO4/c1-4-5-6-7-10-13-22(28)15-16-23-21(19-27)18-25(29)24(23)14-11-8-9-12-17-31-26(30)20(2)3/h8,11,20-21,23-24H,4-7,9-10,12-19H2,1-3H3/b11-8-/t21-,23-,24?/m0/s1. The second kappa shape index (κ2) is 16.8. The summed E-state index contributed by atoms with van der Waals surface area (Å²) in [6.45, 7) is 6.32. The van der Waals surface area contributed by atoms with Crippen LogP contribution in [0.15, 0.2) is 12.2 Å². The van der Waals surface area contributed by atoms with Gasteiger partial charge >= 0.3 is 5.97 Å². The van der Waals surface area contributed by atoms with Crippen molar-refractivity contribution in [1.29, 1.82) is 0 Å². The van der Waals surface area contributed by atoms with Gasteiger partial charge in [-0.15, -0.1) is 0 Å². The number of ketones is 2. The molecule has 1 aliphatic rings. The molecular weight excluding hydrogens is 503 g/mol. The summed E-state index contributed by atoms with van der Waals surface area (Å²) in [6, 6.07) is 0. The predicted molar refractivity (Wildman–Crippen MR) is 135 cm³/mol. The number of esters is 1. The number of hydrogen-bond donors (Lipinski definition) is 0. The van der Waals surface area contributed by atoms with E-state index in [1.807, 2.05) is 13.8 Å². The zero-order chi connectivity index (χ0) is 23.1. The van der Waals surface area contributed by atoms with Crippen LogP contribution < -0.4 is 0 Å². The van der Waals surface area contributed by atoms with E-state index in [-0.39, 0.29) is 17.8 Å². The number of allylic oxidation sites excluding steroid dienone is 2. The Balaban J connectivity index is 2.37. The van der Waals surface area contributed by atoms with Crippen LogP contribution in [0.25, 0.3) is 0 Å². The summed E-state index contributed by atoms with van der Waals surface area (Å²) in [5, 5.41) is 0. The fraction of sp³-hybridized carbons (Fsp3) is 0.808. The molecule has 1 unspecified atom stereocenters. The lowest BCUT2D eigenvalue weighted by molar-refractivity contribution is -0.147. The molecule has 0 aromatic carbocycles. The third-order valence-electron chi connectivity index (χ3n) is 6.30. The van der Waals surface area contributed by atoms with Crippen molar-refractivity contribution in [3.8, 4) is 0 Å². The van der Waals surface area contributed by atoms with Crippen LogP contribution >= 0.6 is 22.6 Å². The SMILES string of the molecule is CCCCCCCC(=O)CC[C@@H]1C(C/C=C\CCCOC(=O)C(C)C)C(=O)C[C@H]1CI. The van der Waals surface area contributed by atoms with E-state index in [0.717, 1.165) is 43.0 Å². The molecule has 1 aliphatic carbocycles. The van der Waals surface area contributed by atoms with Gasteiger partial charge in [0.1, 0.15) is 11.6 Å². The average molecular weight is 547 g/mol. The van der Waals surface area contributed by atoms with Gasteiger partial charge in [-0.05, 0) is 43.9 Å². The fourth-order valence-corrected chi connectivity index (χ4v) is 5.28. The number of rotatable bonds is 17. The third-order valence-corrected chi connectivity index (χ3v) is 7.43. The maximum atomic E-state index is 12.6. The van der Waals surface area contributed by atoms with Crippen molar-refractivity contribution in [2.45, 2.75) is 97.8 Å². The summed E-state index contributed by atoms with van der Waals surface area (Å²) in [6.07, 6.45) is 15.4. The molecule has 5 heteroatoms. The molecule has 4 nitrogen and oxygen atoms in total. The lowest BCUT2D eigenvalue weighted by atomic mass is 9.83. The zero-order valence-corrected chi connectivity index (χ0v) is 22.0. The van der Waals surface area contributed by atoms with Crippen LogP contribution in [0.5, 0.6) is 0 Å². The number of hydrogen-bond acceptors (Lipinski definition) is 4. The highest BCUT2D eigenvalue weighted by Gasteiger charge is 2.40. The molecule has 1 rings (SSSR count). The number of unbranched alkanes of at least 4 members (excludes halogenated alkanes) is 5. The van der Waals surface area contributed by atoms with E-state index < -0.39 is 0 Å². The highest BCUT2D eigenvalue weighted by atomic mass is 127. The Hall–Kier alpha value is -0.720. The Labute approximate surface area is 203 Å². The summed E-state index contributed by atoms with van der Waals surface area (Å²) in [5.74, 6) is 1.32. The second-order valence-corrected chi connectivity index (χ2v) is 10.1. The lowest BCUT2D eigenvalue weighted by Gasteiger charge is -2.21. The maximum absolute atomic E-state index is 12.6. The minimum absolute atomic E-state index is 0.0622. The largest absolute Gasteiger partial charge is 0.465 e. The van der Waals surface area contributed by atoms with E-state index in [0.29, 0.717) is 49.3 Å². The van der Waals surface area contributed by atoms with Crippen molar-refractivity contribution >= 4 is 40.1 Å². The Morgan fingerprint density at radius 2 is 1.84 bits per heavy atom. The lowest BCUT2D eigenvalue weighted by Crippen LogP contribution is -2.19. The molecular formula is C26H43IO4. The Morgan fingerprint density at radius 1 is 1.10 bits per heavy atom. The van der Waals surface area contributed by atoms with Gasteiger partial charge in [-0.2, -0.15) is 0 Å². The summed E-state index contributed by atoms with van der Waals surface area (Å²) in [4.78, 5) is 36.4. The van der Waals surface area contributed by atoms with Gasteiger partial charge in [0, 0.05) is 29.6 Å². The molecule has 0 bridgehead atoms. The highest BCUT2D eigenvalue weighted by Crippen LogP contribution is 2.40. The number of alkyl halides is 1. The molecule has 0 aromatic heterocycles. The van der Waals surface area contributed by atoms with Crippen molar-refractivity contribution in [3.05, 3.63) is 12.2 Å². The highest BCUT2D eigenvalue weighted by molar-refractivity contribution is 14.1. The molecule has 0 saturated heterocycles. The Kier molecular flexibility index (Phi) is 15.4. The van der Waals surface area contributed by atoms with Crippen molar-refractivity contribution in [3.63, 3.8) is 0 Å². The molecule has 0 aromatic rings. The van der Waals surface area contributed by atoms with Gasteiger partial charge in [0.05, 0.1) is 12.5 Å². The molecule has 0 spiro atoms. The summed E-state index contributed by atoms with van der Waals surface area (Å²) in [7, 11) is 0. The molecule has 0 aliphatic heterocycles. The van der Waals surface area contributed by atoms with Crippen molar-refractivity contribution in [2.75, 3.05) is 11.0 Å². The number of carbonyl (C=O) groups excluding carboxylic acids is 3. The third kappa shape index (κ3) is 11.6. The van der Waals surface area contributed by atoms with Crippen molar-refractivity contribution < 1.29 is 19.1 Å². The Morgan fingerprint density at radius 3 is 2.52 bits per heavy atom. The first kappa shape index (κ1) is 28.3. The average Bonchev–Trinajstić information content (AvgIpc) is 3.05. The fourth-order valence-electron chi connectivity index (χ4n) is 4.32. The topological polar surface area (TPSA) is 60.4 Å². The van der Waals surface area contributed by atoms with Gasteiger partial charge in [0.15, 0.2) is 0 Å². The van der Waals surface area contributed by atoms with E-state index >= 15 is 0 Å². The summed E-state index contributed by atoms with van der Waals surface area (Å²) >= 11 is 2.39. The van der Waals surface area contributed by atoms with Crippen LogP contribution in [0, 0.1) is 23.7 Å². The molecule has 1 fully saturated rings. The molecule has 3 atom stereocenters. The quantitative estimate of drug-likeness (QED) is 0.0656. The van der Waals surface area contributed by atoms with Crippen LogP contribution in [0.3, 0.4) is 0 Å². The van der Waals surface area contributed by atoms with Gasteiger partial charge in [-0.3, -0.25) is 14.4 Å². The van der Waals surface area contributed by atoms with Crippen molar-refractivity contribution in [2.24, 2.45) is 23.7 Å². The van der Waals surface area contributed by atoms with E-state index in [1.165, 1.54) is 19.3 Å². The monoisotopic (exact) mass is 546 g/mol. The van der Waals surface area contributed by atoms with Crippen LogP contribution in [0.1, 0.15) is 97.8 Å². The molecule has 31 heavy (non-hydrogen) atoms. The molecule has 0 radical (unpaired) electrons. The molecule has 0 N–H and O–H groups in total. The first-order valence-electron chi connectivity index (χ1n) is 12.3. The summed E-state index contributed by atoms with van der Waals surface area (Å²) in [5.41, 5.74) is 0. The normalized spacial score (nSPS) is 21.3. The van der Waals surface area contributed by atoms with Gasteiger partial charge in [0.2, 0.25) is 0 Å². The minimum Gasteiger partial charge on any atom is -0.465 e. The molecule has 0 heterocycles. The molecule has 178 valence electrons. The molecule has 1 saturated carbocycles. The maximum Gasteiger partial charge on any atom is 0.308 e. The van der Waals surface area contributed by atoms with Crippen molar-refractivity contribution in [1.82, 2.24) is 0 Å². The predicted octanol–water partition coefficient (Wildman–Crippen LogP) is 6.88. The van der Waals surface area contributed by atoms with Gasteiger partial charge < -0.3 is 4.74 Å². The van der Waals surface area contributed by atoms with Gasteiger partial charge in [-0.1, -0.05) is 81.2 Å². The van der Waals surface area contributed by atoms with Gasteiger partial charge in [0.25, 0.3) is 0 Å². The van der Waals surface area contributed by atoms with E-state index in [9.17, 15) is 14.4 Å². The first-order chi connectivity index (χ1) is 14.9. The molecule has 0 amide bonds. The van der Waals surface area contributed by atoms with Crippen LogP contribution in [-0.2, 0) is 19.1 Å². The number of halogens is 1.